The number of nitrogens with two attached hydrogens (primary N) is 1. The molecule has 0 aliphatic carbocycles. The number of halogens is 1. The van der Waals surface area contributed by atoms with Crippen molar-refractivity contribution in [2.45, 2.75) is 6.54 Å². The highest BCUT2D eigenvalue weighted by Crippen LogP contribution is 2.26. The molecule has 0 spiro atoms. The molecule has 0 aliphatic heterocycles. The average Bonchev–Trinajstić information content (AvgIpc) is 2.67. The molecular formula is C9H8ClN5O2. The van der Waals surface area contributed by atoms with Crippen LogP contribution in [0.3, 0.4) is 0 Å². The largest absolute Gasteiger partial charge is 0.381 e. The maximum atomic E-state index is 10.8. The van der Waals surface area contributed by atoms with E-state index in [1.54, 1.807) is 6.07 Å². The Morgan fingerprint density at radius 2 is 2.29 bits per heavy atom. The first-order valence-corrected chi connectivity index (χ1v) is 5.03. The van der Waals surface area contributed by atoms with Crippen molar-refractivity contribution < 1.29 is 4.92 Å². The molecule has 0 atom stereocenters. The lowest BCUT2D eigenvalue weighted by Gasteiger charge is -2.04. The summed E-state index contributed by atoms with van der Waals surface area (Å²) in [5.74, 6) is 0.250. The normalized spacial score (nSPS) is 10.4. The van der Waals surface area contributed by atoms with Gasteiger partial charge in [0.05, 0.1) is 28.3 Å². The lowest BCUT2D eigenvalue weighted by atomic mass is 10.2. The molecule has 0 aliphatic rings. The fourth-order valence-corrected chi connectivity index (χ4v) is 1.66. The molecule has 0 unspecified atom stereocenters. The molecule has 17 heavy (non-hydrogen) atoms. The van der Waals surface area contributed by atoms with Crippen molar-refractivity contribution in [3.05, 3.63) is 45.1 Å². The molecule has 7 nitrogen and oxygen atoms in total. The first kappa shape index (κ1) is 11.3. The van der Waals surface area contributed by atoms with E-state index in [2.05, 4.69) is 10.3 Å². The van der Waals surface area contributed by atoms with Crippen molar-refractivity contribution >= 4 is 23.1 Å². The van der Waals surface area contributed by atoms with Gasteiger partial charge in [0.25, 0.3) is 5.69 Å². The van der Waals surface area contributed by atoms with Crippen LogP contribution in [0.15, 0.2) is 24.4 Å². The van der Waals surface area contributed by atoms with Crippen LogP contribution in [0.1, 0.15) is 5.56 Å². The average molecular weight is 254 g/mol. The Balaban J connectivity index is 2.40. The molecular weight excluding hydrogens is 246 g/mol. The maximum Gasteiger partial charge on any atom is 0.275 e. The molecule has 2 rings (SSSR count). The smallest absolute Gasteiger partial charge is 0.275 e. The van der Waals surface area contributed by atoms with E-state index < -0.39 is 4.92 Å². The van der Waals surface area contributed by atoms with Crippen LogP contribution in [0.25, 0.3) is 0 Å². The van der Waals surface area contributed by atoms with Gasteiger partial charge in [0.15, 0.2) is 5.82 Å². The van der Waals surface area contributed by atoms with E-state index in [1.807, 2.05) is 0 Å². The molecule has 88 valence electrons. The molecule has 0 amide bonds. The van der Waals surface area contributed by atoms with Gasteiger partial charge in [0, 0.05) is 6.07 Å². The van der Waals surface area contributed by atoms with Gasteiger partial charge in [-0.2, -0.15) is 0 Å². The van der Waals surface area contributed by atoms with E-state index in [-0.39, 0.29) is 18.1 Å². The second kappa shape index (κ2) is 4.38. The summed E-state index contributed by atoms with van der Waals surface area (Å²) in [6.45, 7) is 0.153. The fraction of sp³-hybridized carbons (Fsp3) is 0.111. The Kier molecular flexibility index (Phi) is 2.92. The maximum absolute atomic E-state index is 10.8. The third-order valence-corrected chi connectivity index (χ3v) is 2.52. The molecule has 1 aromatic heterocycles. The minimum Gasteiger partial charge on any atom is -0.381 e. The Morgan fingerprint density at radius 1 is 1.53 bits per heavy atom. The second-order valence-electron chi connectivity index (χ2n) is 3.34. The zero-order valence-corrected chi connectivity index (χ0v) is 9.33. The van der Waals surface area contributed by atoms with Crippen LogP contribution in [0.4, 0.5) is 11.5 Å². The van der Waals surface area contributed by atoms with Crippen LogP contribution in [0, 0.1) is 10.1 Å². The van der Waals surface area contributed by atoms with E-state index in [1.165, 1.54) is 23.0 Å². The van der Waals surface area contributed by atoms with E-state index in [0.29, 0.717) is 10.6 Å². The van der Waals surface area contributed by atoms with Crippen LogP contribution in [-0.2, 0) is 6.54 Å². The van der Waals surface area contributed by atoms with E-state index in [9.17, 15) is 10.1 Å². The van der Waals surface area contributed by atoms with E-state index >= 15 is 0 Å². The zero-order valence-electron chi connectivity index (χ0n) is 8.58. The molecule has 1 aromatic carbocycles. The molecule has 0 bridgehead atoms. The van der Waals surface area contributed by atoms with Crippen molar-refractivity contribution in [3.63, 3.8) is 0 Å². The van der Waals surface area contributed by atoms with Gasteiger partial charge in [-0.05, 0) is 6.07 Å². The number of rotatable bonds is 3. The minimum atomic E-state index is -0.485. The topological polar surface area (TPSA) is 99.9 Å². The van der Waals surface area contributed by atoms with Crippen LogP contribution in [0.5, 0.6) is 0 Å². The Hall–Kier alpha value is -2.15. The summed E-state index contributed by atoms with van der Waals surface area (Å²) in [4.78, 5) is 10.4. The monoisotopic (exact) mass is 253 g/mol. The predicted molar refractivity (Wildman–Crippen MR) is 61.6 cm³/mol. The number of hydrogen-bond acceptors (Lipinski definition) is 5. The van der Waals surface area contributed by atoms with Crippen molar-refractivity contribution in [2.24, 2.45) is 0 Å². The molecule has 0 fully saturated rings. The molecule has 0 radical (unpaired) electrons. The van der Waals surface area contributed by atoms with Gasteiger partial charge in [-0.25, -0.2) is 4.68 Å². The molecule has 0 saturated heterocycles. The van der Waals surface area contributed by atoms with Crippen LogP contribution < -0.4 is 5.73 Å². The number of anilines is 1. The number of nitro groups is 1. The summed E-state index contributed by atoms with van der Waals surface area (Å²) in [7, 11) is 0. The first-order valence-electron chi connectivity index (χ1n) is 4.65. The molecule has 0 saturated carbocycles. The van der Waals surface area contributed by atoms with Gasteiger partial charge in [0.2, 0.25) is 0 Å². The number of nitro benzene ring substituents is 1. The highest BCUT2D eigenvalue weighted by molar-refractivity contribution is 6.31. The second-order valence-corrected chi connectivity index (χ2v) is 3.74. The molecule has 8 heteroatoms. The lowest BCUT2D eigenvalue weighted by molar-refractivity contribution is -0.385. The quantitative estimate of drug-likeness (QED) is 0.659. The third kappa shape index (κ3) is 2.34. The Morgan fingerprint density at radius 3 is 2.88 bits per heavy atom. The van der Waals surface area contributed by atoms with Gasteiger partial charge >= 0.3 is 0 Å². The van der Waals surface area contributed by atoms with E-state index in [4.69, 9.17) is 17.3 Å². The summed E-state index contributed by atoms with van der Waals surface area (Å²) >= 11 is 5.93. The predicted octanol–water partition coefficient (Wildman–Crippen LogP) is 1.47. The van der Waals surface area contributed by atoms with Crippen molar-refractivity contribution in [3.8, 4) is 0 Å². The lowest BCUT2D eigenvalue weighted by Crippen LogP contribution is -2.04. The van der Waals surface area contributed by atoms with Crippen molar-refractivity contribution in [1.82, 2.24) is 15.0 Å². The summed E-state index contributed by atoms with van der Waals surface area (Å²) in [6.07, 6.45) is 1.48. The summed E-state index contributed by atoms with van der Waals surface area (Å²) in [6, 6.07) is 4.51. The number of benzene rings is 1. The molecule has 1 heterocycles. The molecule has 2 aromatic rings. The van der Waals surface area contributed by atoms with Gasteiger partial charge in [-0.1, -0.05) is 22.9 Å². The van der Waals surface area contributed by atoms with Crippen molar-refractivity contribution in [1.29, 1.82) is 0 Å². The summed E-state index contributed by atoms with van der Waals surface area (Å²) in [5, 5.41) is 18.5. The first-order chi connectivity index (χ1) is 8.08. The Labute approximate surface area is 101 Å². The number of nitrogen functional groups attached to an aromatic ring is 1. The summed E-state index contributed by atoms with van der Waals surface area (Å²) in [5.41, 5.74) is 5.74. The number of nitrogens with zero attached hydrogens (tertiary/aromatic N) is 4. The zero-order chi connectivity index (χ0) is 12.4. The highest BCUT2D eigenvalue weighted by atomic mass is 35.5. The van der Waals surface area contributed by atoms with Gasteiger partial charge in [-0.3, -0.25) is 10.1 Å². The van der Waals surface area contributed by atoms with Crippen LogP contribution in [-0.4, -0.2) is 19.9 Å². The van der Waals surface area contributed by atoms with Crippen LogP contribution in [0.2, 0.25) is 5.02 Å². The number of aromatic nitrogens is 3. The van der Waals surface area contributed by atoms with Crippen LogP contribution >= 0.6 is 11.6 Å². The number of hydrogen-bond donors (Lipinski definition) is 1. The van der Waals surface area contributed by atoms with Crippen molar-refractivity contribution in [2.75, 3.05) is 5.73 Å². The SMILES string of the molecule is Nc1cn(Cc2c(Cl)cccc2[N+](=O)[O-])nn1. The minimum absolute atomic E-state index is 0.0495. The molecule has 2 N–H and O–H groups in total. The van der Waals surface area contributed by atoms with Gasteiger partial charge in [0.1, 0.15) is 0 Å². The fourth-order valence-electron chi connectivity index (χ4n) is 1.43. The van der Waals surface area contributed by atoms with Gasteiger partial charge < -0.3 is 5.73 Å². The Bertz CT molecular complexity index is 568. The highest BCUT2D eigenvalue weighted by Gasteiger charge is 2.17. The third-order valence-electron chi connectivity index (χ3n) is 2.17. The standard InChI is InChI=1S/C9H8ClN5O2/c10-7-2-1-3-8(15(16)17)6(7)4-14-5-9(11)12-13-14/h1-3,5H,4,11H2. The van der Waals surface area contributed by atoms with E-state index in [0.717, 1.165) is 0 Å². The van der Waals surface area contributed by atoms with Gasteiger partial charge in [-0.15, -0.1) is 5.10 Å². The summed E-state index contributed by atoms with van der Waals surface area (Å²) < 4.78 is 1.39.